The van der Waals surface area contributed by atoms with Crippen LogP contribution in [-0.4, -0.2) is 45.3 Å². The van der Waals surface area contributed by atoms with Crippen molar-refractivity contribution in [3.63, 3.8) is 0 Å². The summed E-state index contributed by atoms with van der Waals surface area (Å²) < 4.78 is 31.4. The number of hydrogen-bond donors (Lipinski definition) is 1. The minimum atomic E-state index is -1.97. The molecule has 1 fully saturated rings. The Morgan fingerprint density at radius 2 is 1.83 bits per heavy atom. The Labute approximate surface area is 209 Å². The van der Waals surface area contributed by atoms with Gasteiger partial charge in [-0.1, -0.05) is 45.0 Å². The van der Waals surface area contributed by atoms with E-state index in [1.807, 2.05) is 18.2 Å². The van der Waals surface area contributed by atoms with Crippen molar-refractivity contribution in [1.29, 1.82) is 0 Å². The maximum Gasteiger partial charge on any atom is 0.335 e. The molecule has 1 saturated carbocycles. The minimum Gasteiger partial charge on any atom is -0.497 e. The summed E-state index contributed by atoms with van der Waals surface area (Å²) in [5, 5.41) is 10.5. The fourth-order valence-corrected chi connectivity index (χ4v) is 5.41. The van der Waals surface area contributed by atoms with Crippen LogP contribution in [0.2, 0.25) is 18.1 Å². The summed E-state index contributed by atoms with van der Waals surface area (Å²) in [6.07, 6.45) is -0.235. The molecule has 0 heterocycles. The highest BCUT2D eigenvalue weighted by Crippen LogP contribution is 2.44. The monoisotopic (exact) mass is 502 g/mol. The molecule has 0 spiro atoms. The molecule has 4 atom stereocenters. The quantitative estimate of drug-likeness (QED) is 0.343. The second-order valence-corrected chi connectivity index (χ2v) is 15.9. The van der Waals surface area contributed by atoms with Crippen LogP contribution >= 0.6 is 0 Å². The average Bonchev–Trinajstić information content (AvgIpc) is 3.20. The zero-order chi connectivity index (χ0) is 25.8. The van der Waals surface area contributed by atoms with Gasteiger partial charge in [0.25, 0.3) is 0 Å². The van der Waals surface area contributed by atoms with E-state index in [9.17, 15) is 14.3 Å². The van der Waals surface area contributed by atoms with E-state index in [4.69, 9.17) is 13.9 Å². The molecule has 3 rings (SSSR count). The summed E-state index contributed by atoms with van der Waals surface area (Å²) in [6, 6.07) is 13.9. The number of halogens is 1. The number of rotatable bonds is 9. The molecule has 0 bridgehead atoms. The highest BCUT2D eigenvalue weighted by molar-refractivity contribution is 6.74. The first kappa shape index (κ1) is 27.4. The third-order valence-electron chi connectivity index (χ3n) is 7.54. The highest BCUT2D eigenvalue weighted by Gasteiger charge is 2.42. The van der Waals surface area contributed by atoms with Crippen molar-refractivity contribution in [2.45, 2.75) is 76.3 Å². The number of hydrogen-bond acceptors (Lipinski definition) is 5. The van der Waals surface area contributed by atoms with Crippen molar-refractivity contribution in [3.8, 4) is 5.75 Å². The Morgan fingerprint density at radius 1 is 1.14 bits per heavy atom. The Bertz CT molecular complexity index is 986. The molecule has 0 aliphatic heterocycles. The van der Waals surface area contributed by atoms with Crippen molar-refractivity contribution in [3.05, 3.63) is 65.5 Å². The van der Waals surface area contributed by atoms with Crippen LogP contribution in [0, 0.1) is 11.7 Å². The van der Waals surface area contributed by atoms with Gasteiger partial charge in [-0.3, -0.25) is 0 Å². The Morgan fingerprint density at radius 3 is 2.43 bits per heavy atom. The number of aliphatic hydroxyl groups excluding tert-OH is 1. The van der Waals surface area contributed by atoms with Crippen LogP contribution in [-0.2, 0) is 20.4 Å². The third-order valence-corrected chi connectivity index (χ3v) is 12.0. The van der Waals surface area contributed by atoms with Crippen molar-refractivity contribution >= 4 is 14.3 Å². The van der Waals surface area contributed by atoms with Gasteiger partial charge >= 0.3 is 5.97 Å². The summed E-state index contributed by atoms with van der Waals surface area (Å²) in [6.45, 7) is 11.6. The van der Waals surface area contributed by atoms with Crippen molar-refractivity contribution in [1.82, 2.24) is 0 Å². The number of ether oxygens (including phenoxy) is 2. The number of esters is 1. The van der Waals surface area contributed by atoms with Gasteiger partial charge in [-0.15, -0.1) is 0 Å². The first-order valence-corrected chi connectivity index (χ1v) is 15.2. The molecule has 5 nitrogen and oxygen atoms in total. The molecular weight excluding hydrogens is 463 g/mol. The first-order chi connectivity index (χ1) is 16.4. The van der Waals surface area contributed by atoms with E-state index >= 15 is 0 Å². The van der Waals surface area contributed by atoms with E-state index in [0.717, 1.165) is 11.1 Å². The topological polar surface area (TPSA) is 65.0 Å². The summed E-state index contributed by atoms with van der Waals surface area (Å²) in [4.78, 5) is 12.7. The largest absolute Gasteiger partial charge is 0.497 e. The predicted octanol–water partition coefficient (Wildman–Crippen LogP) is 5.87. The maximum atomic E-state index is 14.0. The van der Waals surface area contributed by atoms with Crippen molar-refractivity contribution < 1.29 is 28.2 Å². The lowest BCUT2D eigenvalue weighted by molar-refractivity contribution is -0.158. The Kier molecular flexibility index (Phi) is 8.78. The summed E-state index contributed by atoms with van der Waals surface area (Å²) in [7, 11) is -0.379. The number of aliphatic hydroxyl groups is 1. The number of carbonyl (C=O) groups is 1. The maximum absolute atomic E-state index is 14.0. The van der Waals surface area contributed by atoms with E-state index in [1.54, 1.807) is 31.4 Å². The van der Waals surface area contributed by atoms with E-state index in [2.05, 4.69) is 33.9 Å². The van der Waals surface area contributed by atoms with Crippen LogP contribution in [0.5, 0.6) is 5.75 Å². The van der Waals surface area contributed by atoms with Crippen LogP contribution in [0.4, 0.5) is 4.39 Å². The smallest absolute Gasteiger partial charge is 0.335 e. The van der Waals surface area contributed by atoms with Gasteiger partial charge in [0.2, 0.25) is 0 Å². The second kappa shape index (κ2) is 11.2. The van der Waals surface area contributed by atoms with E-state index in [-0.39, 0.29) is 35.2 Å². The molecule has 1 N–H and O–H groups in total. The molecule has 1 aliphatic rings. The number of methoxy groups -OCH3 is 1. The molecule has 35 heavy (non-hydrogen) atoms. The summed E-state index contributed by atoms with van der Waals surface area (Å²) in [5.74, 6) is -0.0720. The van der Waals surface area contributed by atoms with E-state index in [1.165, 1.54) is 6.07 Å². The molecule has 2 aromatic rings. The molecule has 1 aliphatic carbocycles. The van der Waals surface area contributed by atoms with Gasteiger partial charge in [0, 0.05) is 13.0 Å². The van der Waals surface area contributed by atoms with E-state index < -0.39 is 20.4 Å². The zero-order valence-corrected chi connectivity index (χ0v) is 22.7. The first-order valence-electron chi connectivity index (χ1n) is 12.3. The van der Waals surface area contributed by atoms with Gasteiger partial charge in [-0.25, -0.2) is 9.18 Å². The Balaban J connectivity index is 1.67. The molecule has 0 amide bonds. The molecule has 2 aromatic carbocycles. The van der Waals surface area contributed by atoms with Gasteiger partial charge < -0.3 is 19.0 Å². The van der Waals surface area contributed by atoms with Gasteiger partial charge in [-0.05, 0) is 78.2 Å². The number of benzene rings is 2. The third kappa shape index (κ3) is 7.15. The fraction of sp³-hybridized carbons (Fsp3) is 0.536. The van der Waals surface area contributed by atoms with Gasteiger partial charge in [0.15, 0.2) is 14.4 Å². The SMILES string of the molecule is COc1ccc(C[C@H](O)C(=O)O[C@H]2C[C@H](CO[Si](C)(C)C(C)(C)C)[C@@H](c3cccc(F)c3)C2)cc1. The van der Waals surface area contributed by atoms with Gasteiger partial charge in [0.1, 0.15) is 17.7 Å². The van der Waals surface area contributed by atoms with Gasteiger partial charge in [0.05, 0.1) is 7.11 Å². The Hall–Kier alpha value is -2.22. The molecule has 7 heteroatoms. The molecule has 192 valence electrons. The van der Waals surface area contributed by atoms with Crippen LogP contribution < -0.4 is 4.74 Å². The van der Waals surface area contributed by atoms with Crippen LogP contribution in [0.15, 0.2) is 48.5 Å². The van der Waals surface area contributed by atoms with Crippen molar-refractivity contribution in [2.24, 2.45) is 5.92 Å². The molecule has 0 saturated heterocycles. The second-order valence-electron chi connectivity index (χ2n) is 11.1. The molecule has 0 aromatic heterocycles. The van der Waals surface area contributed by atoms with Gasteiger partial charge in [-0.2, -0.15) is 0 Å². The lowest BCUT2D eigenvalue weighted by Crippen LogP contribution is -2.42. The fourth-order valence-electron chi connectivity index (χ4n) is 4.34. The van der Waals surface area contributed by atoms with Crippen LogP contribution in [0.25, 0.3) is 0 Å². The number of carbonyl (C=O) groups excluding carboxylic acids is 1. The van der Waals surface area contributed by atoms with Crippen molar-refractivity contribution in [2.75, 3.05) is 13.7 Å². The highest BCUT2D eigenvalue weighted by atomic mass is 28.4. The standard InChI is InChI=1S/C28H39FO5Si/c1-28(2,3)35(5,6)33-18-21-16-24(17-25(21)20-8-7-9-22(29)15-20)34-27(31)26(30)14-19-10-12-23(32-4)13-11-19/h7-13,15,21,24-26,30H,14,16-18H2,1-6H3/t21-,24+,25-,26+/m1/s1. The lowest BCUT2D eigenvalue weighted by Gasteiger charge is -2.37. The minimum absolute atomic E-state index is 0.0204. The normalized spacial score (nSPS) is 21.5. The molecule has 0 unspecified atom stereocenters. The average molecular weight is 503 g/mol. The van der Waals surface area contributed by atoms with Crippen LogP contribution in [0.3, 0.4) is 0 Å². The summed E-state index contributed by atoms with van der Waals surface area (Å²) in [5.41, 5.74) is 1.71. The molecular formula is C28H39FO5Si. The molecule has 0 radical (unpaired) electrons. The van der Waals surface area contributed by atoms with E-state index in [0.29, 0.717) is 25.2 Å². The predicted molar refractivity (Wildman–Crippen MR) is 138 cm³/mol. The lowest BCUT2D eigenvalue weighted by atomic mass is 9.89. The zero-order valence-electron chi connectivity index (χ0n) is 21.7. The summed E-state index contributed by atoms with van der Waals surface area (Å²) >= 11 is 0. The van der Waals surface area contributed by atoms with Crippen LogP contribution in [0.1, 0.15) is 50.7 Å².